The van der Waals surface area contributed by atoms with Gasteiger partial charge in [-0.1, -0.05) is 23.2 Å². The van der Waals surface area contributed by atoms with Crippen molar-refractivity contribution in [3.05, 3.63) is 14.7 Å². The van der Waals surface area contributed by atoms with E-state index in [9.17, 15) is 18.0 Å². The second-order valence-electron chi connectivity index (χ2n) is 3.83. The summed E-state index contributed by atoms with van der Waals surface area (Å²) in [6, 6.07) is 0.214. The van der Waals surface area contributed by atoms with Crippen molar-refractivity contribution in [2.45, 2.75) is 17.9 Å². The van der Waals surface area contributed by atoms with E-state index in [2.05, 4.69) is 5.32 Å². The fraction of sp³-hybridized carbons (Fsp3) is 0.333. The monoisotopic (exact) mass is 342 g/mol. The molecule has 6 nitrogen and oxygen atoms in total. The molecule has 10 heteroatoms. The van der Waals surface area contributed by atoms with Crippen LogP contribution in [-0.2, 0) is 19.6 Å². The van der Waals surface area contributed by atoms with Crippen molar-refractivity contribution in [2.75, 3.05) is 6.54 Å². The Morgan fingerprint density at radius 3 is 2.58 bits per heavy atom. The van der Waals surface area contributed by atoms with Crippen molar-refractivity contribution in [3.8, 4) is 0 Å². The maximum Gasteiger partial charge on any atom is 0.246 e. The highest BCUT2D eigenvalue weighted by atomic mass is 35.5. The molecule has 1 aliphatic heterocycles. The number of hydrogen-bond acceptors (Lipinski definition) is 5. The normalized spacial score (nSPS) is 21.5. The van der Waals surface area contributed by atoms with E-state index in [1.807, 2.05) is 0 Å². The Morgan fingerprint density at radius 1 is 1.42 bits per heavy atom. The molecule has 1 aromatic heterocycles. The minimum atomic E-state index is -4.04. The molecule has 2 rings (SSSR count). The highest BCUT2D eigenvalue weighted by Gasteiger charge is 2.40. The number of imide groups is 1. The Balaban J connectivity index is 2.47. The van der Waals surface area contributed by atoms with Crippen molar-refractivity contribution in [1.29, 1.82) is 0 Å². The maximum absolute atomic E-state index is 12.4. The summed E-state index contributed by atoms with van der Waals surface area (Å²) in [5, 5.41) is 2.06. The lowest BCUT2D eigenvalue weighted by atomic mass is 10.2. The zero-order valence-corrected chi connectivity index (χ0v) is 12.7. The molecule has 0 radical (unpaired) electrons. The molecule has 0 saturated carbocycles. The quantitative estimate of drug-likeness (QED) is 0.815. The summed E-state index contributed by atoms with van der Waals surface area (Å²) in [5.74, 6) is -1.35. The first kappa shape index (κ1) is 14.7. The van der Waals surface area contributed by atoms with Crippen LogP contribution >= 0.6 is 34.5 Å². The van der Waals surface area contributed by atoms with Gasteiger partial charge in [0.15, 0.2) is 0 Å². The molecule has 0 spiro atoms. The van der Waals surface area contributed by atoms with Crippen molar-refractivity contribution in [2.24, 2.45) is 0 Å². The summed E-state index contributed by atoms with van der Waals surface area (Å²) in [6.07, 6.45) is 0. The van der Waals surface area contributed by atoms with E-state index in [1.165, 1.54) is 13.0 Å². The van der Waals surface area contributed by atoms with Crippen LogP contribution in [-0.4, -0.2) is 37.1 Å². The van der Waals surface area contributed by atoms with Gasteiger partial charge in [-0.3, -0.25) is 14.9 Å². The number of rotatable bonds is 2. The first-order chi connectivity index (χ1) is 8.73. The number of carbonyl (C=O) groups excluding carboxylic acids is 2. The van der Waals surface area contributed by atoms with Gasteiger partial charge in [-0.15, -0.1) is 11.3 Å². The third-order valence-electron chi connectivity index (χ3n) is 2.59. The Bertz CT molecular complexity index is 655. The smallest absolute Gasteiger partial charge is 0.246 e. The summed E-state index contributed by atoms with van der Waals surface area (Å²) in [5.41, 5.74) is 0. The second-order valence-corrected chi connectivity index (χ2v) is 7.97. The average Bonchev–Trinajstić information content (AvgIpc) is 2.63. The molecule has 1 fully saturated rings. The van der Waals surface area contributed by atoms with Gasteiger partial charge >= 0.3 is 0 Å². The number of halogens is 2. The number of nitrogens with zero attached hydrogens (tertiary/aromatic N) is 1. The van der Waals surface area contributed by atoms with E-state index in [1.54, 1.807) is 0 Å². The number of thiophene rings is 1. The summed E-state index contributed by atoms with van der Waals surface area (Å²) in [4.78, 5) is 22.6. The zero-order valence-electron chi connectivity index (χ0n) is 9.51. The maximum atomic E-state index is 12.4. The number of carbonyl (C=O) groups is 2. The van der Waals surface area contributed by atoms with Crippen LogP contribution in [0.2, 0.25) is 8.67 Å². The fourth-order valence-electron chi connectivity index (χ4n) is 1.61. The molecular formula is C9H8Cl2N2O4S2. The number of piperazine rings is 1. The van der Waals surface area contributed by atoms with Crippen LogP contribution in [0.1, 0.15) is 6.92 Å². The molecule has 1 atom stereocenters. The predicted molar refractivity (Wildman–Crippen MR) is 70.8 cm³/mol. The zero-order chi connectivity index (χ0) is 14.4. The average molecular weight is 343 g/mol. The largest absolute Gasteiger partial charge is 0.294 e. The topological polar surface area (TPSA) is 83.6 Å². The van der Waals surface area contributed by atoms with Gasteiger partial charge in [-0.25, -0.2) is 8.42 Å². The minimum Gasteiger partial charge on any atom is -0.294 e. The van der Waals surface area contributed by atoms with Gasteiger partial charge in [0.25, 0.3) is 0 Å². The van der Waals surface area contributed by atoms with Gasteiger partial charge in [0, 0.05) is 0 Å². The molecule has 0 bridgehead atoms. The molecule has 0 aromatic carbocycles. The van der Waals surface area contributed by atoms with Crippen molar-refractivity contribution >= 4 is 56.4 Å². The van der Waals surface area contributed by atoms with Crippen LogP contribution in [0.3, 0.4) is 0 Å². The Hall–Kier alpha value is -0.670. The lowest BCUT2D eigenvalue weighted by molar-refractivity contribution is -0.136. The molecule has 1 unspecified atom stereocenters. The Labute approximate surface area is 123 Å². The molecule has 104 valence electrons. The predicted octanol–water partition coefficient (Wildman–Crippen LogP) is 1.09. The van der Waals surface area contributed by atoms with Crippen molar-refractivity contribution in [3.63, 3.8) is 0 Å². The van der Waals surface area contributed by atoms with E-state index < -0.39 is 34.4 Å². The van der Waals surface area contributed by atoms with E-state index in [0.717, 1.165) is 15.6 Å². The van der Waals surface area contributed by atoms with E-state index >= 15 is 0 Å². The SMILES string of the molecule is CC1C(=O)NC(=O)CN1S(=O)(=O)c1cc(Cl)sc1Cl. The van der Waals surface area contributed by atoms with Crippen LogP contribution in [0.25, 0.3) is 0 Å². The van der Waals surface area contributed by atoms with Gasteiger partial charge in [-0.2, -0.15) is 4.31 Å². The van der Waals surface area contributed by atoms with Crippen molar-refractivity contribution in [1.82, 2.24) is 9.62 Å². The molecule has 1 aliphatic rings. The molecule has 0 aliphatic carbocycles. The number of sulfonamides is 1. The van der Waals surface area contributed by atoms with Crippen LogP contribution in [0.15, 0.2) is 11.0 Å². The Kier molecular flexibility index (Phi) is 3.90. The van der Waals surface area contributed by atoms with Crippen LogP contribution in [0, 0.1) is 0 Å². The second kappa shape index (κ2) is 5.02. The summed E-state index contributed by atoms with van der Waals surface area (Å²) < 4.78 is 25.8. The van der Waals surface area contributed by atoms with Crippen molar-refractivity contribution < 1.29 is 18.0 Å². The molecule has 1 saturated heterocycles. The summed E-state index contributed by atoms with van der Waals surface area (Å²) in [6.45, 7) is 0.959. The molecule has 19 heavy (non-hydrogen) atoms. The lowest BCUT2D eigenvalue weighted by Crippen LogP contribution is -2.58. The molecule has 2 heterocycles. The van der Waals surface area contributed by atoms with Gasteiger partial charge in [0.2, 0.25) is 21.8 Å². The van der Waals surface area contributed by atoms with E-state index in [4.69, 9.17) is 23.2 Å². The first-order valence-corrected chi connectivity index (χ1v) is 8.05. The molecule has 1 N–H and O–H groups in total. The Morgan fingerprint density at radius 2 is 2.05 bits per heavy atom. The van der Waals surface area contributed by atoms with E-state index in [-0.39, 0.29) is 13.6 Å². The molecular weight excluding hydrogens is 335 g/mol. The number of nitrogens with one attached hydrogen (secondary N) is 1. The van der Waals surface area contributed by atoms with Gasteiger partial charge < -0.3 is 0 Å². The standard InChI is InChI=1S/C9H8Cl2N2O4S2/c1-4-9(15)12-7(14)3-13(4)19(16,17)5-2-6(10)18-8(5)11/h2,4H,3H2,1H3,(H,12,14,15). The van der Waals surface area contributed by atoms with E-state index in [0.29, 0.717) is 0 Å². The summed E-state index contributed by atoms with van der Waals surface area (Å²) in [7, 11) is -4.04. The number of amides is 2. The van der Waals surface area contributed by atoms with Gasteiger partial charge in [-0.05, 0) is 13.0 Å². The number of hydrogen-bond donors (Lipinski definition) is 1. The highest BCUT2D eigenvalue weighted by Crippen LogP contribution is 2.36. The third-order valence-corrected chi connectivity index (χ3v) is 6.25. The van der Waals surface area contributed by atoms with Gasteiger partial charge in [0.1, 0.15) is 15.3 Å². The van der Waals surface area contributed by atoms with Crippen LogP contribution < -0.4 is 5.32 Å². The molecule has 1 aromatic rings. The summed E-state index contributed by atoms with van der Waals surface area (Å²) >= 11 is 12.4. The minimum absolute atomic E-state index is 0.00405. The fourth-order valence-corrected chi connectivity index (χ4v) is 5.28. The van der Waals surface area contributed by atoms with Crippen LogP contribution in [0.4, 0.5) is 0 Å². The first-order valence-electron chi connectivity index (χ1n) is 5.04. The van der Waals surface area contributed by atoms with Crippen LogP contribution in [0.5, 0.6) is 0 Å². The highest BCUT2D eigenvalue weighted by molar-refractivity contribution is 7.89. The third kappa shape index (κ3) is 2.63. The lowest BCUT2D eigenvalue weighted by Gasteiger charge is -2.30. The van der Waals surface area contributed by atoms with Gasteiger partial charge in [0.05, 0.1) is 10.9 Å². The molecule has 2 amide bonds.